The first-order chi connectivity index (χ1) is 11.4. The largest absolute Gasteiger partial charge is 0.448 e. The Kier molecular flexibility index (Phi) is 6.36. The topological polar surface area (TPSA) is 84.5 Å². The Balaban J connectivity index is 1.94. The van der Waals surface area contributed by atoms with Crippen LogP contribution in [0, 0.1) is 5.92 Å². The maximum atomic E-state index is 12.2. The van der Waals surface area contributed by atoms with Crippen molar-refractivity contribution in [2.75, 3.05) is 6.54 Å². The first-order valence-electron chi connectivity index (χ1n) is 8.35. The number of carbonyl (C=O) groups excluding carboxylic acids is 3. The summed E-state index contributed by atoms with van der Waals surface area (Å²) in [5.41, 5.74) is 1.23. The molecule has 2 rings (SSSR count). The summed E-state index contributed by atoms with van der Waals surface area (Å²) in [7, 11) is 0. The lowest BCUT2D eigenvalue weighted by molar-refractivity contribution is -0.127. The molecule has 1 aromatic heterocycles. The van der Waals surface area contributed by atoms with E-state index in [2.05, 4.69) is 17.6 Å². The van der Waals surface area contributed by atoms with Gasteiger partial charge in [-0.15, -0.1) is 11.3 Å². The number of rotatable bonds is 5. The molecule has 0 unspecified atom stereocenters. The highest BCUT2D eigenvalue weighted by Crippen LogP contribution is 2.33. The summed E-state index contributed by atoms with van der Waals surface area (Å²) in [6, 6.07) is 1.29. The summed E-state index contributed by atoms with van der Waals surface area (Å²) in [5, 5.41) is 4.59. The van der Waals surface area contributed by atoms with Crippen LogP contribution in [0.4, 0.5) is 4.79 Å². The van der Waals surface area contributed by atoms with Gasteiger partial charge in [-0.3, -0.25) is 10.1 Å². The molecule has 7 heteroatoms. The number of thiophene rings is 1. The summed E-state index contributed by atoms with van der Waals surface area (Å²) < 4.78 is 5.19. The van der Waals surface area contributed by atoms with Crippen molar-refractivity contribution in [3.63, 3.8) is 0 Å². The molecule has 2 N–H and O–H groups in total. The van der Waals surface area contributed by atoms with Crippen molar-refractivity contribution >= 4 is 29.2 Å². The average molecular weight is 352 g/mol. The van der Waals surface area contributed by atoms with E-state index in [4.69, 9.17) is 4.74 Å². The fraction of sp³-hybridized carbons (Fsp3) is 0.588. The Morgan fingerprint density at radius 3 is 2.79 bits per heavy atom. The summed E-state index contributed by atoms with van der Waals surface area (Å²) in [4.78, 5) is 37.2. The Morgan fingerprint density at radius 2 is 2.12 bits per heavy atom. The predicted molar refractivity (Wildman–Crippen MR) is 92.2 cm³/mol. The second kappa shape index (κ2) is 8.28. The number of urea groups is 1. The monoisotopic (exact) mass is 352 g/mol. The van der Waals surface area contributed by atoms with Gasteiger partial charge in [0.2, 0.25) is 0 Å². The third-order valence-corrected chi connectivity index (χ3v) is 5.41. The predicted octanol–water partition coefficient (Wildman–Crippen LogP) is 2.65. The van der Waals surface area contributed by atoms with Crippen molar-refractivity contribution in [3.8, 4) is 0 Å². The minimum atomic E-state index is -1.03. The number of imide groups is 1. The van der Waals surface area contributed by atoms with Crippen molar-refractivity contribution < 1.29 is 19.1 Å². The molecule has 1 heterocycles. The molecule has 1 aromatic rings. The van der Waals surface area contributed by atoms with Gasteiger partial charge in [-0.1, -0.05) is 13.3 Å². The first-order valence-corrected chi connectivity index (χ1v) is 9.17. The molecule has 0 aromatic carbocycles. The zero-order valence-electron chi connectivity index (χ0n) is 14.3. The van der Waals surface area contributed by atoms with Gasteiger partial charge in [0.25, 0.3) is 5.91 Å². The van der Waals surface area contributed by atoms with Gasteiger partial charge >= 0.3 is 12.0 Å². The summed E-state index contributed by atoms with van der Waals surface area (Å²) >= 11 is 1.45. The molecule has 0 fully saturated rings. The van der Waals surface area contributed by atoms with E-state index >= 15 is 0 Å². The van der Waals surface area contributed by atoms with E-state index in [1.54, 1.807) is 6.92 Å². The first kappa shape index (κ1) is 18.4. The zero-order chi connectivity index (χ0) is 17.7. The Labute approximate surface area is 146 Å². The lowest BCUT2D eigenvalue weighted by atomic mass is 9.87. The van der Waals surface area contributed by atoms with E-state index in [-0.39, 0.29) is 0 Å². The molecule has 0 saturated heterocycles. The molecule has 3 amide bonds. The normalized spacial score (nSPS) is 17.5. The van der Waals surface area contributed by atoms with Crippen molar-refractivity contribution in [2.24, 2.45) is 5.92 Å². The maximum Gasteiger partial charge on any atom is 0.349 e. The third kappa shape index (κ3) is 4.56. The van der Waals surface area contributed by atoms with E-state index in [1.807, 2.05) is 6.07 Å². The molecule has 0 spiro atoms. The fourth-order valence-corrected chi connectivity index (χ4v) is 3.83. The minimum absolute atomic E-state index is 0.410. The highest BCUT2D eigenvalue weighted by Gasteiger charge is 2.25. The summed E-state index contributed by atoms with van der Waals surface area (Å²) in [6.07, 6.45) is 3.28. The van der Waals surface area contributed by atoms with Crippen LogP contribution in [0.25, 0.3) is 0 Å². The molecule has 2 atom stereocenters. The van der Waals surface area contributed by atoms with Crippen molar-refractivity contribution in [1.29, 1.82) is 0 Å². The van der Waals surface area contributed by atoms with Crippen LogP contribution >= 0.6 is 11.3 Å². The maximum absolute atomic E-state index is 12.2. The Hall–Kier alpha value is -1.89. The van der Waals surface area contributed by atoms with Gasteiger partial charge in [0.05, 0.1) is 0 Å². The van der Waals surface area contributed by atoms with Gasteiger partial charge in [-0.2, -0.15) is 0 Å². The molecular weight excluding hydrogens is 328 g/mol. The number of fused-ring (bicyclic) bond motifs is 1. The van der Waals surface area contributed by atoms with Crippen LogP contribution < -0.4 is 10.6 Å². The summed E-state index contributed by atoms with van der Waals surface area (Å²) in [5.74, 6) is -0.472. The molecule has 0 aliphatic heterocycles. The SMILES string of the molecule is CCNC(=O)NC(=O)[C@H](C)OC(=O)c1cc2c(s1)CC[C@H](CC)C2. The van der Waals surface area contributed by atoms with E-state index in [0.717, 1.165) is 25.7 Å². The molecule has 24 heavy (non-hydrogen) atoms. The lowest BCUT2D eigenvalue weighted by Crippen LogP contribution is -2.44. The molecule has 1 aliphatic carbocycles. The zero-order valence-corrected chi connectivity index (χ0v) is 15.1. The van der Waals surface area contributed by atoms with Gasteiger partial charge < -0.3 is 10.1 Å². The van der Waals surface area contributed by atoms with E-state index in [0.29, 0.717) is 17.3 Å². The second-order valence-electron chi connectivity index (χ2n) is 5.97. The van der Waals surface area contributed by atoms with E-state index in [9.17, 15) is 14.4 Å². The van der Waals surface area contributed by atoms with Gasteiger partial charge in [0.1, 0.15) is 4.88 Å². The van der Waals surface area contributed by atoms with Crippen molar-refractivity contribution in [1.82, 2.24) is 10.6 Å². The molecule has 6 nitrogen and oxygen atoms in total. The number of carbonyl (C=O) groups is 3. The molecule has 1 aliphatic rings. The van der Waals surface area contributed by atoms with Gasteiger partial charge in [-0.25, -0.2) is 9.59 Å². The van der Waals surface area contributed by atoms with E-state index < -0.39 is 24.0 Å². The van der Waals surface area contributed by atoms with Crippen LogP contribution in [0.15, 0.2) is 6.07 Å². The van der Waals surface area contributed by atoms with Crippen LogP contribution in [0.5, 0.6) is 0 Å². The number of esters is 1. The van der Waals surface area contributed by atoms with Crippen LogP contribution in [0.3, 0.4) is 0 Å². The molecule has 132 valence electrons. The fourth-order valence-electron chi connectivity index (χ4n) is 2.74. The van der Waals surface area contributed by atoms with Crippen LogP contribution in [0.1, 0.15) is 53.7 Å². The molecule has 0 radical (unpaired) electrons. The standard InChI is InChI=1S/C17H24N2O4S/c1-4-11-6-7-13-12(8-11)9-14(24-13)16(21)23-10(3)15(20)19-17(22)18-5-2/h9-11H,4-8H2,1-3H3,(H2,18,19,20,22)/t10-,11-/m0/s1. The Bertz CT molecular complexity index is 626. The highest BCUT2D eigenvalue weighted by atomic mass is 32.1. The second-order valence-corrected chi connectivity index (χ2v) is 7.11. The molecule has 0 saturated carbocycles. The number of aryl methyl sites for hydroxylation is 1. The number of hydrogen-bond donors (Lipinski definition) is 2. The lowest BCUT2D eigenvalue weighted by Gasteiger charge is -2.19. The van der Waals surface area contributed by atoms with Crippen LogP contribution in [-0.4, -0.2) is 30.6 Å². The third-order valence-electron chi connectivity index (χ3n) is 4.19. The number of ether oxygens (including phenoxy) is 1. The minimum Gasteiger partial charge on any atom is -0.448 e. The number of amides is 3. The number of nitrogens with one attached hydrogen (secondary N) is 2. The molecule has 0 bridgehead atoms. The number of hydrogen-bond acceptors (Lipinski definition) is 5. The van der Waals surface area contributed by atoms with Gasteiger partial charge in [0.15, 0.2) is 6.10 Å². The smallest absolute Gasteiger partial charge is 0.349 e. The summed E-state index contributed by atoms with van der Waals surface area (Å²) in [6.45, 7) is 5.79. The van der Waals surface area contributed by atoms with Crippen LogP contribution in [-0.2, 0) is 22.4 Å². The average Bonchev–Trinajstić information content (AvgIpc) is 2.97. The van der Waals surface area contributed by atoms with E-state index in [1.165, 1.54) is 28.7 Å². The van der Waals surface area contributed by atoms with Crippen LogP contribution in [0.2, 0.25) is 0 Å². The Morgan fingerprint density at radius 1 is 1.38 bits per heavy atom. The highest BCUT2D eigenvalue weighted by molar-refractivity contribution is 7.14. The van der Waals surface area contributed by atoms with Crippen molar-refractivity contribution in [2.45, 2.75) is 52.6 Å². The van der Waals surface area contributed by atoms with Gasteiger partial charge in [0, 0.05) is 11.4 Å². The van der Waals surface area contributed by atoms with Crippen molar-refractivity contribution in [3.05, 3.63) is 21.4 Å². The molecular formula is C17H24N2O4S. The van der Waals surface area contributed by atoms with Gasteiger partial charge in [-0.05, 0) is 50.7 Å². The quantitative estimate of drug-likeness (QED) is 0.798.